The summed E-state index contributed by atoms with van der Waals surface area (Å²) in [6.45, 7) is 6.37. The van der Waals surface area contributed by atoms with E-state index in [1.54, 1.807) is 0 Å². The van der Waals surface area contributed by atoms with Crippen LogP contribution in [0.25, 0.3) is 0 Å². The van der Waals surface area contributed by atoms with Crippen molar-refractivity contribution in [1.82, 2.24) is 0 Å². The van der Waals surface area contributed by atoms with E-state index in [4.69, 9.17) is 14.2 Å². The molecular formula is C56H96O6. The van der Waals surface area contributed by atoms with E-state index in [1.807, 2.05) is 18.2 Å². The van der Waals surface area contributed by atoms with E-state index in [0.29, 0.717) is 19.3 Å². The van der Waals surface area contributed by atoms with E-state index in [2.05, 4.69) is 75.5 Å². The van der Waals surface area contributed by atoms with Crippen molar-refractivity contribution in [3.8, 4) is 0 Å². The summed E-state index contributed by atoms with van der Waals surface area (Å²) in [4.78, 5) is 38.0. The first-order valence-electron chi connectivity index (χ1n) is 26.0. The first kappa shape index (κ1) is 58.9. The maximum absolute atomic E-state index is 12.8. The van der Waals surface area contributed by atoms with Crippen molar-refractivity contribution in [3.05, 3.63) is 72.9 Å². The SMILES string of the molecule is CC\C=C/C=C\C=C/C=C\CCCCCCCC(=O)OC(COC(=O)CCCCCCC/C=C\C/C=C\CC)COC(=O)CCCCCCCCCCCCCCCCCCC. The van der Waals surface area contributed by atoms with E-state index in [-0.39, 0.29) is 31.1 Å². The normalized spacial score (nSPS) is 12.6. The highest BCUT2D eigenvalue weighted by molar-refractivity contribution is 5.71. The number of unbranched alkanes of at least 4 members (excludes halogenated alkanes) is 26. The summed E-state index contributed by atoms with van der Waals surface area (Å²) in [5, 5.41) is 0. The van der Waals surface area contributed by atoms with Crippen LogP contribution in [0.15, 0.2) is 72.9 Å². The lowest BCUT2D eigenvalue weighted by atomic mass is 10.0. The fourth-order valence-corrected chi connectivity index (χ4v) is 7.20. The topological polar surface area (TPSA) is 78.9 Å². The highest BCUT2D eigenvalue weighted by Gasteiger charge is 2.19. The van der Waals surface area contributed by atoms with Gasteiger partial charge in [-0.2, -0.15) is 0 Å². The van der Waals surface area contributed by atoms with E-state index in [1.165, 1.54) is 89.9 Å². The zero-order valence-corrected chi connectivity index (χ0v) is 40.6. The van der Waals surface area contributed by atoms with Crippen molar-refractivity contribution in [2.24, 2.45) is 0 Å². The van der Waals surface area contributed by atoms with Crippen LogP contribution in [0.3, 0.4) is 0 Å². The molecule has 0 aliphatic carbocycles. The minimum atomic E-state index is -0.791. The number of rotatable bonds is 46. The third-order valence-corrected chi connectivity index (χ3v) is 11.1. The lowest BCUT2D eigenvalue weighted by molar-refractivity contribution is -0.167. The van der Waals surface area contributed by atoms with Gasteiger partial charge in [-0.3, -0.25) is 14.4 Å². The largest absolute Gasteiger partial charge is 0.462 e. The maximum atomic E-state index is 12.8. The van der Waals surface area contributed by atoms with Gasteiger partial charge in [0.15, 0.2) is 6.10 Å². The molecule has 0 fully saturated rings. The molecule has 6 nitrogen and oxygen atoms in total. The van der Waals surface area contributed by atoms with E-state index in [9.17, 15) is 14.4 Å². The zero-order valence-electron chi connectivity index (χ0n) is 40.6. The average Bonchev–Trinajstić information content (AvgIpc) is 3.27. The second kappa shape index (κ2) is 50.5. The summed E-state index contributed by atoms with van der Waals surface area (Å²) in [5.74, 6) is -0.923. The van der Waals surface area contributed by atoms with E-state index in [0.717, 1.165) is 116 Å². The minimum Gasteiger partial charge on any atom is -0.462 e. The van der Waals surface area contributed by atoms with Gasteiger partial charge in [0.1, 0.15) is 13.2 Å². The summed E-state index contributed by atoms with van der Waals surface area (Å²) >= 11 is 0. The Morgan fingerprint density at radius 2 is 0.710 bits per heavy atom. The molecule has 62 heavy (non-hydrogen) atoms. The summed E-state index contributed by atoms with van der Waals surface area (Å²) in [5.41, 5.74) is 0. The molecule has 0 aliphatic rings. The smallest absolute Gasteiger partial charge is 0.306 e. The van der Waals surface area contributed by atoms with Crippen molar-refractivity contribution >= 4 is 17.9 Å². The van der Waals surface area contributed by atoms with Crippen LogP contribution in [0.1, 0.15) is 245 Å². The Kier molecular flexibility index (Phi) is 47.9. The van der Waals surface area contributed by atoms with Gasteiger partial charge in [0.05, 0.1) is 0 Å². The van der Waals surface area contributed by atoms with Crippen molar-refractivity contribution in [2.75, 3.05) is 13.2 Å². The summed E-state index contributed by atoms with van der Waals surface area (Å²) in [6, 6.07) is 0. The van der Waals surface area contributed by atoms with Gasteiger partial charge in [0, 0.05) is 19.3 Å². The molecule has 1 atom stereocenters. The van der Waals surface area contributed by atoms with Crippen molar-refractivity contribution in [1.29, 1.82) is 0 Å². The molecular weight excluding hydrogens is 769 g/mol. The van der Waals surface area contributed by atoms with Crippen molar-refractivity contribution in [3.63, 3.8) is 0 Å². The Bertz CT molecular complexity index is 1180. The van der Waals surface area contributed by atoms with Gasteiger partial charge in [0.2, 0.25) is 0 Å². The van der Waals surface area contributed by atoms with Crippen LogP contribution in [0.5, 0.6) is 0 Å². The Morgan fingerprint density at radius 1 is 0.355 bits per heavy atom. The molecule has 356 valence electrons. The average molecular weight is 865 g/mol. The summed E-state index contributed by atoms with van der Waals surface area (Å²) in [6.07, 6.45) is 63.2. The van der Waals surface area contributed by atoms with Crippen molar-refractivity contribution < 1.29 is 28.6 Å². The third-order valence-electron chi connectivity index (χ3n) is 11.1. The van der Waals surface area contributed by atoms with E-state index >= 15 is 0 Å². The maximum Gasteiger partial charge on any atom is 0.306 e. The fourth-order valence-electron chi connectivity index (χ4n) is 7.20. The molecule has 0 aromatic rings. The predicted octanol–water partition coefficient (Wildman–Crippen LogP) is 17.0. The molecule has 0 rings (SSSR count). The number of esters is 3. The van der Waals surface area contributed by atoms with Gasteiger partial charge in [-0.25, -0.2) is 0 Å². The number of allylic oxidation sites excluding steroid dienone is 12. The number of hydrogen-bond donors (Lipinski definition) is 0. The highest BCUT2D eigenvalue weighted by Crippen LogP contribution is 2.16. The number of ether oxygens (including phenoxy) is 3. The molecule has 1 unspecified atom stereocenters. The van der Waals surface area contributed by atoms with Crippen LogP contribution < -0.4 is 0 Å². The standard InChI is InChI=1S/C56H96O6/c1-4-7-10-13-16-19-22-25-27-28-30-31-34-37-40-43-46-49-55(58)61-52-53(51-60-54(57)48-45-42-39-36-33-24-21-18-15-12-9-6-3)62-56(59)50-47-44-41-38-35-32-29-26-23-20-17-14-11-8-5-2/h8-9,11-12,14,17-18,20-21,23,26,29,53H,4-7,10,13,15-16,19,22,24-25,27-28,30-52H2,1-3H3/b11-8-,12-9-,17-14-,21-18-,23-20-,29-26-. The van der Waals surface area contributed by atoms with Gasteiger partial charge < -0.3 is 14.2 Å². The quantitative estimate of drug-likeness (QED) is 0.0199. The molecule has 0 N–H and O–H groups in total. The number of carbonyl (C=O) groups excluding carboxylic acids is 3. The Morgan fingerprint density at radius 3 is 1.16 bits per heavy atom. The Hall–Kier alpha value is -3.15. The molecule has 0 aromatic heterocycles. The van der Waals surface area contributed by atoms with Gasteiger partial charge >= 0.3 is 17.9 Å². The predicted molar refractivity (Wildman–Crippen MR) is 265 cm³/mol. The van der Waals surface area contributed by atoms with Crippen LogP contribution >= 0.6 is 0 Å². The monoisotopic (exact) mass is 865 g/mol. The number of hydrogen-bond acceptors (Lipinski definition) is 6. The minimum absolute atomic E-state index is 0.0882. The Labute approximate surface area is 382 Å². The molecule has 0 saturated heterocycles. The van der Waals surface area contributed by atoms with Gasteiger partial charge in [-0.15, -0.1) is 0 Å². The molecule has 0 aliphatic heterocycles. The zero-order chi connectivity index (χ0) is 45.1. The van der Waals surface area contributed by atoms with Gasteiger partial charge in [-0.05, 0) is 64.2 Å². The molecule has 0 heterocycles. The molecule has 0 radical (unpaired) electrons. The molecule has 0 bridgehead atoms. The second-order valence-corrected chi connectivity index (χ2v) is 17.1. The molecule has 0 aromatic carbocycles. The highest BCUT2D eigenvalue weighted by atomic mass is 16.6. The van der Waals surface area contributed by atoms with Crippen LogP contribution in [0, 0.1) is 0 Å². The van der Waals surface area contributed by atoms with Gasteiger partial charge in [0.25, 0.3) is 0 Å². The lowest BCUT2D eigenvalue weighted by Gasteiger charge is -2.18. The first-order chi connectivity index (χ1) is 30.5. The molecule has 0 saturated carbocycles. The molecule has 0 spiro atoms. The van der Waals surface area contributed by atoms with Crippen LogP contribution in [-0.2, 0) is 28.6 Å². The first-order valence-corrected chi connectivity index (χ1v) is 26.0. The fraction of sp³-hybridized carbons (Fsp3) is 0.732. The second-order valence-electron chi connectivity index (χ2n) is 17.1. The van der Waals surface area contributed by atoms with Crippen LogP contribution in [0.4, 0.5) is 0 Å². The lowest BCUT2D eigenvalue weighted by Crippen LogP contribution is -2.30. The third kappa shape index (κ3) is 47.9. The van der Waals surface area contributed by atoms with Crippen molar-refractivity contribution in [2.45, 2.75) is 252 Å². The van der Waals surface area contributed by atoms with Crippen LogP contribution in [-0.4, -0.2) is 37.2 Å². The summed E-state index contributed by atoms with van der Waals surface area (Å²) in [7, 11) is 0. The summed E-state index contributed by atoms with van der Waals surface area (Å²) < 4.78 is 16.8. The molecule has 6 heteroatoms. The van der Waals surface area contributed by atoms with Gasteiger partial charge in [-0.1, -0.05) is 235 Å². The van der Waals surface area contributed by atoms with Crippen LogP contribution in [0.2, 0.25) is 0 Å². The Balaban J connectivity index is 4.40. The van der Waals surface area contributed by atoms with E-state index < -0.39 is 6.10 Å². The number of carbonyl (C=O) groups is 3. The molecule has 0 amide bonds.